The monoisotopic (exact) mass is 404 g/mol. The van der Waals surface area contributed by atoms with E-state index >= 15 is 0 Å². The third-order valence-corrected chi connectivity index (χ3v) is 5.56. The molecule has 3 aromatic rings. The average Bonchev–Trinajstić information content (AvgIpc) is 2.64. The highest BCUT2D eigenvalue weighted by atomic mass is 35.5. The zero-order valence-electron chi connectivity index (χ0n) is 15.7. The van der Waals surface area contributed by atoms with E-state index in [0.717, 1.165) is 22.3 Å². The fourth-order valence-corrected chi connectivity index (χ4v) is 4.04. The van der Waals surface area contributed by atoms with Crippen molar-refractivity contribution in [2.45, 2.75) is 25.3 Å². The highest BCUT2D eigenvalue weighted by Gasteiger charge is 2.18. The van der Waals surface area contributed by atoms with Gasteiger partial charge < -0.3 is 0 Å². The summed E-state index contributed by atoms with van der Waals surface area (Å²) in [6.07, 6.45) is 0.999. The van der Waals surface area contributed by atoms with Gasteiger partial charge in [0.2, 0.25) is 0 Å². The fraction of sp³-hybridized carbons (Fsp3) is 0.368. The van der Waals surface area contributed by atoms with Crippen molar-refractivity contribution in [1.82, 2.24) is 19.1 Å². The van der Waals surface area contributed by atoms with Gasteiger partial charge in [-0.05, 0) is 42.4 Å². The number of aromatic nitrogens is 4. The van der Waals surface area contributed by atoms with Crippen LogP contribution in [0.15, 0.2) is 38.9 Å². The number of hydrogen-bond donors (Lipinski definition) is 0. The Morgan fingerprint density at radius 1 is 1.07 bits per heavy atom. The molecular weight excluding hydrogens is 384 g/mol. The van der Waals surface area contributed by atoms with Crippen LogP contribution in [0, 0.1) is 5.92 Å². The van der Waals surface area contributed by atoms with Gasteiger partial charge in [-0.25, -0.2) is 14.8 Å². The van der Waals surface area contributed by atoms with Crippen LogP contribution in [0.5, 0.6) is 0 Å². The van der Waals surface area contributed by atoms with Gasteiger partial charge in [0.05, 0.1) is 0 Å². The average molecular weight is 405 g/mol. The van der Waals surface area contributed by atoms with Gasteiger partial charge in [0.1, 0.15) is 10.4 Å². The van der Waals surface area contributed by atoms with Crippen LogP contribution in [0.25, 0.3) is 22.4 Å². The first-order valence-corrected chi connectivity index (χ1v) is 10.0. The molecule has 0 bridgehead atoms. The van der Waals surface area contributed by atoms with Crippen molar-refractivity contribution in [3.8, 4) is 11.4 Å². The Morgan fingerprint density at radius 2 is 1.74 bits per heavy atom. The molecule has 0 saturated heterocycles. The molecule has 0 atom stereocenters. The SMILES string of the molecule is CC(C)CCSc1nc(-c2ccc(Cl)cc2)nc2c1c(=O)n(C)c(=O)n2C. The maximum atomic E-state index is 12.8. The fourth-order valence-electron chi connectivity index (χ4n) is 2.65. The van der Waals surface area contributed by atoms with E-state index in [0.29, 0.717) is 32.8 Å². The van der Waals surface area contributed by atoms with Crippen molar-refractivity contribution < 1.29 is 0 Å². The third-order valence-electron chi connectivity index (χ3n) is 4.30. The largest absolute Gasteiger partial charge is 0.332 e. The van der Waals surface area contributed by atoms with Crippen molar-refractivity contribution in [3.05, 3.63) is 50.1 Å². The van der Waals surface area contributed by atoms with E-state index in [1.807, 2.05) is 12.1 Å². The highest BCUT2D eigenvalue weighted by Crippen LogP contribution is 2.27. The number of aryl methyl sites for hydroxylation is 1. The molecule has 2 heterocycles. The summed E-state index contributed by atoms with van der Waals surface area (Å²) in [5, 5.41) is 1.60. The van der Waals surface area contributed by atoms with Gasteiger partial charge in [0, 0.05) is 24.7 Å². The quantitative estimate of drug-likeness (QED) is 0.481. The molecule has 2 aromatic heterocycles. The van der Waals surface area contributed by atoms with E-state index in [1.54, 1.807) is 19.2 Å². The summed E-state index contributed by atoms with van der Waals surface area (Å²) >= 11 is 7.50. The minimum atomic E-state index is -0.411. The Hall–Kier alpha value is -2.12. The standard InChI is InChI=1S/C19H21ClN4O2S/c1-11(2)9-10-27-17-14-16(23(3)19(26)24(4)18(14)25)21-15(22-17)12-5-7-13(20)8-6-12/h5-8,11H,9-10H2,1-4H3. The van der Waals surface area contributed by atoms with Crippen LogP contribution in [0.3, 0.4) is 0 Å². The molecule has 3 rings (SSSR count). The van der Waals surface area contributed by atoms with E-state index in [2.05, 4.69) is 23.8 Å². The van der Waals surface area contributed by atoms with Crippen LogP contribution in [0.4, 0.5) is 0 Å². The first-order valence-electron chi connectivity index (χ1n) is 8.66. The summed E-state index contributed by atoms with van der Waals surface area (Å²) in [5.41, 5.74) is 0.337. The summed E-state index contributed by atoms with van der Waals surface area (Å²) in [6, 6.07) is 7.18. The minimum absolute atomic E-state index is 0.343. The van der Waals surface area contributed by atoms with Gasteiger partial charge in [-0.1, -0.05) is 25.4 Å². The predicted octanol–water partition coefficient (Wildman–Crippen LogP) is 3.49. The molecule has 0 radical (unpaired) electrons. The molecule has 0 amide bonds. The summed E-state index contributed by atoms with van der Waals surface area (Å²) in [5.74, 6) is 1.85. The lowest BCUT2D eigenvalue weighted by molar-refractivity contribution is 0.632. The normalized spacial score (nSPS) is 11.5. The molecule has 1 aromatic carbocycles. The summed E-state index contributed by atoms with van der Waals surface area (Å²) < 4.78 is 2.49. The lowest BCUT2D eigenvalue weighted by atomic mass is 10.2. The number of thioether (sulfide) groups is 1. The molecule has 6 nitrogen and oxygen atoms in total. The molecule has 0 spiro atoms. The van der Waals surface area contributed by atoms with Gasteiger partial charge in [-0.15, -0.1) is 11.8 Å². The van der Waals surface area contributed by atoms with Crippen LogP contribution < -0.4 is 11.2 Å². The Balaban J connectivity index is 2.26. The summed E-state index contributed by atoms with van der Waals surface area (Å²) in [6.45, 7) is 4.31. The minimum Gasteiger partial charge on any atom is -0.280 e. The first-order chi connectivity index (χ1) is 12.8. The van der Waals surface area contributed by atoms with E-state index in [9.17, 15) is 9.59 Å². The third kappa shape index (κ3) is 3.94. The second kappa shape index (κ2) is 7.86. The maximum Gasteiger partial charge on any atom is 0.332 e. The van der Waals surface area contributed by atoms with Crippen LogP contribution in [0.2, 0.25) is 5.02 Å². The van der Waals surface area contributed by atoms with Gasteiger partial charge in [-0.2, -0.15) is 0 Å². The van der Waals surface area contributed by atoms with Crippen LogP contribution in [-0.4, -0.2) is 24.9 Å². The highest BCUT2D eigenvalue weighted by molar-refractivity contribution is 7.99. The molecular formula is C19H21ClN4O2S. The van der Waals surface area contributed by atoms with Crippen LogP contribution in [0.1, 0.15) is 20.3 Å². The van der Waals surface area contributed by atoms with E-state index in [-0.39, 0.29) is 5.56 Å². The number of rotatable bonds is 5. The van der Waals surface area contributed by atoms with E-state index in [4.69, 9.17) is 11.6 Å². The zero-order valence-corrected chi connectivity index (χ0v) is 17.3. The van der Waals surface area contributed by atoms with Gasteiger partial charge >= 0.3 is 5.69 Å². The second-order valence-electron chi connectivity index (χ2n) is 6.79. The van der Waals surface area contributed by atoms with Crippen LogP contribution in [-0.2, 0) is 14.1 Å². The first kappa shape index (κ1) is 19.6. The Bertz CT molecular complexity index is 1100. The molecule has 0 fully saturated rings. The Labute approximate surface area is 166 Å². The topological polar surface area (TPSA) is 69.8 Å². The lowest BCUT2D eigenvalue weighted by Crippen LogP contribution is -2.37. The van der Waals surface area contributed by atoms with E-state index in [1.165, 1.54) is 23.4 Å². The Morgan fingerprint density at radius 3 is 2.37 bits per heavy atom. The smallest absolute Gasteiger partial charge is 0.280 e. The molecule has 0 unspecified atom stereocenters. The van der Waals surface area contributed by atoms with Crippen molar-refractivity contribution >= 4 is 34.4 Å². The van der Waals surface area contributed by atoms with Crippen molar-refractivity contribution in [1.29, 1.82) is 0 Å². The summed E-state index contributed by atoms with van der Waals surface area (Å²) in [7, 11) is 3.09. The van der Waals surface area contributed by atoms with Crippen molar-refractivity contribution in [3.63, 3.8) is 0 Å². The predicted molar refractivity (Wildman–Crippen MR) is 111 cm³/mol. The second-order valence-corrected chi connectivity index (χ2v) is 8.31. The van der Waals surface area contributed by atoms with Gasteiger partial charge in [0.25, 0.3) is 5.56 Å². The number of hydrogen-bond acceptors (Lipinski definition) is 5. The van der Waals surface area contributed by atoms with Crippen LogP contribution >= 0.6 is 23.4 Å². The molecule has 0 aliphatic heterocycles. The number of nitrogens with zero attached hydrogens (tertiary/aromatic N) is 4. The molecule has 0 aliphatic carbocycles. The molecule has 8 heteroatoms. The molecule has 142 valence electrons. The summed E-state index contributed by atoms with van der Waals surface area (Å²) in [4.78, 5) is 34.3. The maximum absolute atomic E-state index is 12.8. The van der Waals surface area contributed by atoms with E-state index < -0.39 is 5.69 Å². The van der Waals surface area contributed by atoms with Crippen molar-refractivity contribution in [2.24, 2.45) is 20.0 Å². The molecule has 27 heavy (non-hydrogen) atoms. The number of halogens is 1. The molecule has 0 aliphatic rings. The van der Waals surface area contributed by atoms with Gasteiger partial charge in [0.15, 0.2) is 11.5 Å². The lowest BCUT2D eigenvalue weighted by Gasteiger charge is -2.12. The number of benzene rings is 1. The molecule has 0 saturated carbocycles. The molecule has 0 N–H and O–H groups in total. The van der Waals surface area contributed by atoms with Crippen molar-refractivity contribution in [2.75, 3.05) is 5.75 Å². The van der Waals surface area contributed by atoms with Gasteiger partial charge in [-0.3, -0.25) is 13.9 Å². The number of fused-ring (bicyclic) bond motifs is 1. The Kier molecular flexibility index (Phi) is 5.72. The zero-order chi connectivity index (χ0) is 19.7.